The van der Waals surface area contributed by atoms with E-state index in [4.69, 9.17) is 10.5 Å². The van der Waals surface area contributed by atoms with Crippen LogP contribution in [0, 0.1) is 0 Å². The minimum atomic E-state index is -0.468. The number of hydrogen-bond donors (Lipinski definition) is 3. The molecule has 138 valence electrons. The van der Waals surface area contributed by atoms with Crippen molar-refractivity contribution in [3.05, 3.63) is 46.2 Å². The van der Waals surface area contributed by atoms with Crippen LogP contribution in [0.5, 0.6) is 0 Å². The van der Waals surface area contributed by atoms with Crippen molar-refractivity contribution in [2.45, 2.75) is 30.7 Å². The predicted octanol–water partition coefficient (Wildman–Crippen LogP) is 2.04. The zero-order chi connectivity index (χ0) is 19.1. The minimum absolute atomic E-state index is 0.0982. The van der Waals surface area contributed by atoms with Crippen molar-refractivity contribution in [3.8, 4) is 0 Å². The molecule has 1 aromatic heterocycles. The number of anilines is 2. The zero-order valence-electron chi connectivity index (χ0n) is 14.4. The smallest absolute Gasteiger partial charge is 0.338 e. The van der Waals surface area contributed by atoms with Crippen molar-refractivity contribution in [2.24, 2.45) is 0 Å². The van der Waals surface area contributed by atoms with Crippen molar-refractivity contribution in [1.29, 1.82) is 0 Å². The van der Waals surface area contributed by atoms with E-state index >= 15 is 0 Å². The molecule has 0 aliphatic heterocycles. The van der Waals surface area contributed by atoms with E-state index in [1.165, 1.54) is 6.07 Å². The molecule has 0 fully saturated rings. The molecule has 0 bridgehead atoms. The fourth-order valence-electron chi connectivity index (χ4n) is 2.09. The molecule has 0 saturated carbocycles. The Morgan fingerprint density at radius 2 is 2.00 bits per heavy atom. The van der Waals surface area contributed by atoms with E-state index in [0.717, 1.165) is 11.8 Å². The SMILES string of the molecule is CCOC(=O)c1ccc(NC(=O)[C@@H](CC)Sc2nc(N)cc(=O)[nH]2)cc1. The van der Waals surface area contributed by atoms with Crippen molar-refractivity contribution in [3.63, 3.8) is 0 Å². The maximum atomic E-state index is 12.5. The molecule has 0 aliphatic carbocycles. The summed E-state index contributed by atoms with van der Waals surface area (Å²) in [5.74, 6) is -0.559. The molecular weight excluding hydrogens is 356 g/mol. The molecule has 4 N–H and O–H groups in total. The lowest BCUT2D eigenvalue weighted by molar-refractivity contribution is -0.115. The summed E-state index contributed by atoms with van der Waals surface area (Å²) in [6.07, 6.45) is 0.524. The summed E-state index contributed by atoms with van der Waals surface area (Å²) in [4.78, 5) is 42.1. The van der Waals surface area contributed by atoms with Gasteiger partial charge in [0.05, 0.1) is 17.4 Å². The summed E-state index contributed by atoms with van der Waals surface area (Å²) < 4.78 is 4.91. The first-order valence-corrected chi connectivity index (χ1v) is 8.92. The van der Waals surface area contributed by atoms with Crippen LogP contribution in [-0.2, 0) is 9.53 Å². The molecule has 0 saturated heterocycles. The summed E-state index contributed by atoms with van der Waals surface area (Å²) >= 11 is 1.13. The number of carbonyl (C=O) groups excluding carboxylic acids is 2. The number of aromatic nitrogens is 2. The largest absolute Gasteiger partial charge is 0.462 e. The average Bonchev–Trinajstić information content (AvgIpc) is 2.59. The average molecular weight is 376 g/mol. The number of H-pyrrole nitrogens is 1. The molecule has 0 radical (unpaired) electrons. The van der Waals surface area contributed by atoms with Gasteiger partial charge in [-0.1, -0.05) is 18.7 Å². The highest BCUT2D eigenvalue weighted by atomic mass is 32.2. The highest BCUT2D eigenvalue weighted by Gasteiger charge is 2.20. The van der Waals surface area contributed by atoms with Gasteiger partial charge in [-0.15, -0.1) is 0 Å². The molecule has 1 amide bonds. The predicted molar refractivity (Wildman–Crippen MR) is 100 cm³/mol. The Kier molecular flexibility index (Phi) is 6.79. The number of rotatable bonds is 7. The van der Waals surface area contributed by atoms with Gasteiger partial charge in [0, 0.05) is 11.8 Å². The monoisotopic (exact) mass is 376 g/mol. The number of aromatic amines is 1. The molecule has 1 heterocycles. The summed E-state index contributed by atoms with van der Waals surface area (Å²) in [5, 5.41) is 2.60. The minimum Gasteiger partial charge on any atom is -0.462 e. The quantitative estimate of drug-likeness (QED) is 0.383. The summed E-state index contributed by atoms with van der Waals surface area (Å²) in [6, 6.07) is 7.60. The van der Waals surface area contributed by atoms with Crippen LogP contribution in [0.15, 0.2) is 40.3 Å². The maximum Gasteiger partial charge on any atom is 0.338 e. The lowest BCUT2D eigenvalue weighted by Crippen LogP contribution is -2.25. The van der Waals surface area contributed by atoms with Gasteiger partial charge in [-0.25, -0.2) is 9.78 Å². The third-order valence-corrected chi connectivity index (χ3v) is 4.57. The molecule has 1 aromatic carbocycles. The molecular formula is C17H20N4O4S. The number of esters is 1. The molecule has 1 atom stereocenters. The van der Waals surface area contributed by atoms with Crippen molar-refractivity contribution < 1.29 is 14.3 Å². The van der Waals surface area contributed by atoms with Gasteiger partial charge in [0.25, 0.3) is 5.56 Å². The number of carbonyl (C=O) groups is 2. The van der Waals surface area contributed by atoms with Gasteiger partial charge in [0.2, 0.25) is 5.91 Å². The van der Waals surface area contributed by atoms with Crippen LogP contribution in [0.3, 0.4) is 0 Å². The summed E-state index contributed by atoms with van der Waals surface area (Å²) in [7, 11) is 0. The van der Waals surface area contributed by atoms with E-state index in [1.54, 1.807) is 31.2 Å². The lowest BCUT2D eigenvalue weighted by Gasteiger charge is -2.14. The summed E-state index contributed by atoms with van der Waals surface area (Å²) in [5.41, 5.74) is 6.14. The van der Waals surface area contributed by atoms with Crippen molar-refractivity contribution in [1.82, 2.24) is 9.97 Å². The Labute approximate surface area is 154 Å². The van der Waals surface area contributed by atoms with E-state index in [1.807, 2.05) is 6.92 Å². The van der Waals surface area contributed by atoms with Crippen LogP contribution in [-0.4, -0.2) is 33.7 Å². The number of nitrogens with zero attached hydrogens (tertiary/aromatic N) is 1. The van der Waals surface area contributed by atoms with Crippen molar-refractivity contribution in [2.75, 3.05) is 17.7 Å². The first-order valence-electron chi connectivity index (χ1n) is 8.04. The second kappa shape index (κ2) is 9.04. The second-order valence-electron chi connectivity index (χ2n) is 5.28. The topological polar surface area (TPSA) is 127 Å². The van der Waals surface area contributed by atoms with Crippen LogP contribution in [0.4, 0.5) is 11.5 Å². The van der Waals surface area contributed by atoms with Gasteiger partial charge >= 0.3 is 5.97 Å². The highest BCUT2D eigenvalue weighted by molar-refractivity contribution is 8.00. The molecule has 0 aliphatic rings. The number of thioether (sulfide) groups is 1. The van der Waals surface area contributed by atoms with Gasteiger partial charge in [-0.2, -0.15) is 0 Å². The fourth-order valence-corrected chi connectivity index (χ4v) is 3.01. The first kappa shape index (κ1) is 19.5. The number of benzene rings is 1. The Hall–Kier alpha value is -2.81. The van der Waals surface area contributed by atoms with Crippen LogP contribution < -0.4 is 16.6 Å². The molecule has 9 heteroatoms. The molecule has 2 aromatic rings. The maximum absolute atomic E-state index is 12.5. The lowest BCUT2D eigenvalue weighted by atomic mass is 10.2. The number of nitrogens with two attached hydrogens (primary N) is 1. The Morgan fingerprint density at radius 3 is 2.58 bits per heavy atom. The Balaban J connectivity index is 2.04. The van der Waals surface area contributed by atoms with E-state index in [0.29, 0.717) is 24.3 Å². The van der Waals surface area contributed by atoms with Crippen LogP contribution >= 0.6 is 11.8 Å². The number of amides is 1. The number of nitrogens with one attached hydrogen (secondary N) is 2. The van der Waals surface area contributed by atoms with E-state index in [-0.39, 0.29) is 22.4 Å². The van der Waals surface area contributed by atoms with Gasteiger partial charge < -0.3 is 20.8 Å². The normalized spacial score (nSPS) is 11.6. The third-order valence-electron chi connectivity index (χ3n) is 3.32. The van der Waals surface area contributed by atoms with E-state index < -0.39 is 11.2 Å². The molecule has 2 rings (SSSR count). The van der Waals surface area contributed by atoms with E-state index in [9.17, 15) is 14.4 Å². The number of hydrogen-bond acceptors (Lipinski definition) is 7. The summed E-state index contributed by atoms with van der Waals surface area (Å²) in [6.45, 7) is 3.88. The highest BCUT2D eigenvalue weighted by Crippen LogP contribution is 2.23. The first-order chi connectivity index (χ1) is 12.4. The van der Waals surface area contributed by atoms with Crippen molar-refractivity contribution >= 4 is 35.1 Å². The number of ether oxygens (including phenoxy) is 1. The Morgan fingerprint density at radius 1 is 1.31 bits per heavy atom. The van der Waals surface area contributed by atoms with Crippen LogP contribution in [0.25, 0.3) is 0 Å². The van der Waals surface area contributed by atoms with E-state index in [2.05, 4.69) is 15.3 Å². The second-order valence-corrected chi connectivity index (χ2v) is 6.47. The molecule has 0 spiro atoms. The van der Waals surface area contributed by atoms with Gasteiger partial charge in [0.1, 0.15) is 5.82 Å². The van der Waals surface area contributed by atoms with Crippen LogP contribution in [0.2, 0.25) is 0 Å². The Bertz CT molecular complexity index is 835. The third kappa shape index (κ3) is 5.35. The number of nitrogen functional groups attached to an aromatic ring is 1. The van der Waals surface area contributed by atoms with Gasteiger partial charge in [0.15, 0.2) is 5.16 Å². The standard InChI is InChI=1S/C17H20N4O4S/c1-3-12(26-17-20-13(18)9-14(22)21-17)15(23)19-11-7-5-10(6-8-11)16(24)25-4-2/h5-9,12H,3-4H2,1-2H3,(H,19,23)(H3,18,20,21,22)/t12-/m1/s1. The fraction of sp³-hybridized carbons (Fsp3) is 0.294. The van der Waals surface area contributed by atoms with Gasteiger partial charge in [-0.05, 0) is 37.6 Å². The van der Waals surface area contributed by atoms with Crippen LogP contribution in [0.1, 0.15) is 30.6 Å². The molecule has 26 heavy (non-hydrogen) atoms. The van der Waals surface area contributed by atoms with Gasteiger partial charge in [-0.3, -0.25) is 9.59 Å². The molecule has 0 unspecified atom stereocenters. The molecule has 8 nitrogen and oxygen atoms in total. The zero-order valence-corrected chi connectivity index (χ0v) is 15.3.